The highest BCUT2D eigenvalue weighted by Crippen LogP contribution is 2.26. The van der Waals surface area contributed by atoms with Crippen LogP contribution in [-0.2, 0) is 11.3 Å². The van der Waals surface area contributed by atoms with Gasteiger partial charge < -0.3 is 15.4 Å². The minimum atomic E-state index is -4.44. The van der Waals surface area contributed by atoms with Crippen LogP contribution in [0.3, 0.4) is 0 Å². The summed E-state index contributed by atoms with van der Waals surface area (Å²) in [6.45, 7) is 1.19. The van der Waals surface area contributed by atoms with E-state index >= 15 is 0 Å². The molecule has 21 heavy (non-hydrogen) atoms. The van der Waals surface area contributed by atoms with Crippen LogP contribution in [0.4, 0.5) is 13.2 Å². The van der Waals surface area contributed by atoms with Crippen LogP contribution in [0, 0.1) is 0 Å². The van der Waals surface area contributed by atoms with Gasteiger partial charge in [0.25, 0.3) is 5.91 Å². The third-order valence-electron chi connectivity index (χ3n) is 2.47. The summed E-state index contributed by atoms with van der Waals surface area (Å²) in [5, 5.41) is 5.26. The summed E-state index contributed by atoms with van der Waals surface area (Å²) in [6.07, 6.45) is -4.44. The Hall–Kier alpha value is -1.47. The number of carbonyl (C=O) groups is 1. The van der Waals surface area contributed by atoms with E-state index in [-0.39, 0.29) is 0 Å². The molecular weight excluding hydrogens is 309 g/mol. The van der Waals surface area contributed by atoms with Crippen molar-refractivity contribution in [3.8, 4) is 5.75 Å². The van der Waals surface area contributed by atoms with Gasteiger partial charge in [0.1, 0.15) is 12.3 Å². The lowest BCUT2D eigenvalue weighted by Gasteiger charge is -2.13. The lowest BCUT2D eigenvalue weighted by Crippen LogP contribution is -2.36. The van der Waals surface area contributed by atoms with Gasteiger partial charge in [-0.1, -0.05) is 24.6 Å². The Labute approximate surface area is 125 Å². The second-order valence-electron chi connectivity index (χ2n) is 4.18. The summed E-state index contributed by atoms with van der Waals surface area (Å²) in [5.41, 5.74) is 0.657. The molecule has 0 saturated carbocycles. The molecule has 0 heterocycles. The summed E-state index contributed by atoms with van der Waals surface area (Å²) in [6, 6.07) is 4.92. The topological polar surface area (TPSA) is 50.4 Å². The molecule has 1 aromatic rings. The number of rotatable bonds is 7. The zero-order valence-electron chi connectivity index (χ0n) is 11.4. The third-order valence-corrected chi connectivity index (χ3v) is 2.83. The van der Waals surface area contributed by atoms with Gasteiger partial charge in [0.15, 0.2) is 6.61 Å². The third kappa shape index (κ3) is 6.68. The number of hydrogen-bond donors (Lipinski definition) is 2. The van der Waals surface area contributed by atoms with Crippen LogP contribution < -0.4 is 15.4 Å². The molecule has 0 radical (unpaired) electrons. The van der Waals surface area contributed by atoms with Gasteiger partial charge >= 0.3 is 6.18 Å². The van der Waals surface area contributed by atoms with Gasteiger partial charge in [0.2, 0.25) is 0 Å². The van der Waals surface area contributed by atoms with Gasteiger partial charge in [-0.05, 0) is 18.7 Å². The van der Waals surface area contributed by atoms with Crippen molar-refractivity contribution in [2.75, 3.05) is 19.7 Å². The molecule has 118 valence electrons. The van der Waals surface area contributed by atoms with E-state index in [0.29, 0.717) is 22.9 Å². The Morgan fingerprint density at radius 1 is 1.38 bits per heavy atom. The van der Waals surface area contributed by atoms with Gasteiger partial charge in [-0.25, -0.2) is 0 Å². The molecule has 1 aromatic carbocycles. The maximum atomic E-state index is 12.0. The van der Waals surface area contributed by atoms with Crippen molar-refractivity contribution in [2.45, 2.75) is 19.6 Å². The Morgan fingerprint density at radius 2 is 2.10 bits per heavy atom. The summed E-state index contributed by atoms with van der Waals surface area (Å²) >= 11 is 6.03. The molecule has 0 aliphatic rings. The highest BCUT2D eigenvalue weighted by molar-refractivity contribution is 6.31. The van der Waals surface area contributed by atoms with Crippen molar-refractivity contribution in [1.29, 1.82) is 0 Å². The van der Waals surface area contributed by atoms with Crippen molar-refractivity contribution in [3.05, 3.63) is 28.8 Å². The molecule has 0 bridgehead atoms. The zero-order valence-corrected chi connectivity index (χ0v) is 12.1. The fourth-order valence-electron chi connectivity index (χ4n) is 1.49. The number of halogens is 4. The highest BCUT2D eigenvalue weighted by Gasteiger charge is 2.27. The average molecular weight is 325 g/mol. The second kappa shape index (κ2) is 8.09. The first-order valence-corrected chi connectivity index (χ1v) is 6.65. The molecule has 0 aliphatic heterocycles. The van der Waals surface area contributed by atoms with E-state index in [0.717, 1.165) is 6.54 Å². The molecule has 0 atom stereocenters. The van der Waals surface area contributed by atoms with E-state index in [4.69, 9.17) is 16.3 Å². The number of ether oxygens (including phenoxy) is 1. The molecule has 4 nitrogen and oxygen atoms in total. The number of amides is 1. The Morgan fingerprint density at radius 3 is 2.71 bits per heavy atom. The normalized spacial score (nSPS) is 11.3. The molecule has 1 amide bonds. The molecule has 0 unspecified atom stereocenters. The van der Waals surface area contributed by atoms with E-state index in [1.165, 1.54) is 0 Å². The fourth-order valence-corrected chi connectivity index (χ4v) is 1.72. The number of hydrogen-bond acceptors (Lipinski definition) is 3. The Kier molecular flexibility index (Phi) is 6.77. The van der Waals surface area contributed by atoms with Gasteiger partial charge in [-0.2, -0.15) is 13.2 Å². The van der Waals surface area contributed by atoms with Crippen molar-refractivity contribution in [1.82, 2.24) is 10.6 Å². The molecule has 0 saturated heterocycles. The van der Waals surface area contributed by atoms with Crippen LogP contribution in [0.1, 0.15) is 12.5 Å². The van der Waals surface area contributed by atoms with E-state index in [1.54, 1.807) is 23.5 Å². The van der Waals surface area contributed by atoms with E-state index < -0.39 is 25.2 Å². The Bertz CT molecular complexity index is 481. The minimum Gasteiger partial charge on any atom is -0.483 e. The monoisotopic (exact) mass is 324 g/mol. The molecule has 0 aromatic heterocycles. The van der Waals surface area contributed by atoms with Gasteiger partial charge in [-0.3, -0.25) is 4.79 Å². The molecule has 2 N–H and O–H groups in total. The van der Waals surface area contributed by atoms with Crippen molar-refractivity contribution < 1.29 is 22.7 Å². The van der Waals surface area contributed by atoms with E-state index in [9.17, 15) is 18.0 Å². The largest absolute Gasteiger partial charge is 0.483 e. The predicted octanol–water partition coefficient (Wildman–Crippen LogP) is 2.51. The maximum Gasteiger partial charge on any atom is 0.405 e. The highest BCUT2D eigenvalue weighted by atomic mass is 35.5. The molecule has 0 spiro atoms. The van der Waals surface area contributed by atoms with Crippen LogP contribution in [0.2, 0.25) is 5.02 Å². The van der Waals surface area contributed by atoms with Crippen LogP contribution in [0.5, 0.6) is 5.75 Å². The summed E-state index contributed by atoms with van der Waals surface area (Å²) < 4.78 is 41.1. The molecule has 0 aliphatic carbocycles. The molecular formula is C13H16ClF3N2O2. The summed E-state index contributed by atoms with van der Waals surface area (Å²) in [5.74, 6) is -0.479. The van der Waals surface area contributed by atoms with Crippen LogP contribution in [0.25, 0.3) is 0 Å². The van der Waals surface area contributed by atoms with Crippen molar-refractivity contribution in [3.63, 3.8) is 0 Å². The maximum absolute atomic E-state index is 12.0. The first-order chi connectivity index (χ1) is 9.83. The number of nitrogens with one attached hydrogen (secondary N) is 2. The van der Waals surface area contributed by atoms with Crippen LogP contribution in [0.15, 0.2) is 18.2 Å². The molecule has 0 fully saturated rings. The number of alkyl halides is 3. The van der Waals surface area contributed by atoms with E-state index in [1.807, 2.05) is 6.92 Å². The number of benzene rings is 1. The fraction of sp³-hybridized carbons (Fsp3) is 0.462. The quantitative estimate of drug-likeness (QED) is 0.810. The number of carbonyl (C=O) groups excluding carboxylic acids is 1. The van der Waals surface area contributed by atoms with Gasteiger partial charge in [0.05, 0.1) is 0 Å². The lowest BCUT2D eigenvalue weighted by atomic mass is 10.2. The SMILES string of the molecule is CCNCc1c(Cl)cccc1OCC(=O)NCC(F)(F)F. The molecule has 1 rings (SSSR count). The van der Waals surface area contributed by atoms with E-state index in [2.05, 4.69) is 5.32 Å². The predicted molar refractivity (Wildman–Crippen MR) is 73.4 cm³/mol. The van der Waals surface area contributed by atoms with Gasteiger partial charge in [0, 0.05) is 17.1 Å². The average Bonchev–Trinajstić information content (AvgIpc) is 2.41. The van der Waals surface area contributed by atoms with Crippen LogP contribution in [-0.4, -0.2) is 31.8 Å². The summed E-state index contributed by atoms with van der Waals surface area (Å²) in [4.78, 5) is 11.3. The zero-order chi connectivity index (χ0) is 15.9. The van der Waals surface area contributed by atoms with Gasteiger partial charge in [-0.15, -0.1) is 0 Å². The Balaban J connectivity index is 2.58. The van der Waals surface area contributed by atoms with Crippen molar-refractivity contribution >= 4 is 17.5 Å². The first kappa shape index (κ1) is 17.6. The minimum absolute atomic E-state index is 0.366. The standard InChI is InChI=1S/C13H16ClF3N2O2/c1-2-18-6-9-10(14)4-3-5-11(9)21-7-12(20)19-8-13(15,16)17/h3-5,18H,2,6-8H2,1H3,(H,19,20). The second-order valence-corrected chi connectivity index (χ2v) is 4.58. The summed E-state index contributed by atoms with van der Waals surface area (Å²) in [7, 11) is 0. The molecule has 8 heteroatoms. The smallest absolute Gasteiger partial charge is 0.405 e. The van der Waals surface area contributed by atoms with Crippen molar-refractivity contribution in [2.24, 2.45) is 0 Å². The lowest BCUT2D eigenvalue weighted by molar-refractivity contribution is -0.139. The first-order valence-electron chi connectivity index (χ1n) is 6.28. The van der Waals surface area contributed by atoms with Crippen LogP contribution >= 0.6 is 11.6 Å².